The molecule has 1 heterocycles. The molecule has 2 atom stereocenters. The Morgan fingerprint density at radius 2 is 1.92 bits per heavy atom. The van der Waals surface area contributed by atoms with Gasteiger partial charge in [-0.15, -0.1) is 0 Å². The lowest BCUT2D eigenvalue weighted by Gasteiger charge is -2.32. The van der Waals surface area contributed by atoms with Crippen molar-refractivity contribution < 1.29 is 0 Å². The van der Waals surface area contributed by atoms with E-state index < -0.39 is 0 Å². The molecule has 1 saturated heterocycles. The van der Waals surface area contributed by atoms with Gasteiger partial charge in [0.25, 0.3) is 0 Å². The predicted molar refractivity (Wildman–Crippen MR) is 51.2 cm³/mol. The van der Waals surface area contributed by atoms with Gasteiger partial charge in [-0.3, -0.25) is 4.90 Å². The Balaban J connectivity index is 1.83. The zero-order valence-corrected chi connectivity index (χ0v) is 8.05. The molecule has 0 bridgehead atoms. The van der Waals surface area contributed by atoms with Gasteiger partial charge in [0.05, 0.1) is 0 Å². The Kier molecular flexibility index (Phi) is 2.66. The summed E-state index contributed by atoms with van der Waals surface area (Å²) in [6, 6.07) is 0.919. The topological polar surface area (TPSA) is 15.3 Å². The maximum Gasteiger partial charge on any atom is 0.0110 e. The van der Waals surface area contributed by atoms with E-state index in [0.717, 1.165) is 12.0 Å². The van der Waals surface area contributed by atoms with E-state index in [9.17, 15) is 0 Å². The van der Waals surface area contributed by atoms with E-state index in [4.69, 9.17) is 0 Å². The van der Waals surface area contributed by atoms with Crippen molar-refractivity contribution in [3.8, 4) is 0 Å². The fourth-order valence-electron chi connectivity index (χ4n) is 2.56. The molecule has 2 rings (SSSR count). The second kappa shape index (κ2) is 3.75. The van der Waals surface area contributed by atoms with Gasteiger partial charge in [0, 0.05) is 32.2 Å². The highest BCUT2D eigenvalue weighted by molar-refractivity contribution is 4.83. The van der Waals surface area contributed by atoms with E-state index in [1.807, 2.05) is 0 Å². The summed E-state index contributed by atoms with van der Waals surface area (Å²) in [7, 11) is 0. The standard InChI is InChI=1S/C10H20N2/c1-9-2-3-10(8-9)12-6-4-11-5-7-12/h9-11H,2-8H2,1H3. The lowest BCUT2D eigenvalue weighted by atomic mass is 10.1. The second-order valence-electron chi connectivity index (χ2n) is 4.36. The molecule has 0 aromatic rings. The van der Waals surface area contributed by atoms with E-state index in [1.165, 1.54) is 45.4 Å². The van der Waals surface area contributed by atoms with Crippen LogP contribution in [0.15, 0.2) is 0 Å². The van der Waals surface area contributed by atoms with Crippen LogP contribution in [0, 0.1) is 5.92 Å². The van der Waals surface area contributed by atoms with Crippen molar-refractivity contribution in [2.75, 3.05) is 26.2 Å². The molecular weight excluding hydrogens is 148 g/mol. The van der Waals surface area contributed by atoms with Crippen LogP contribution < -0.4 is 5.32 Å². The van der Waals surface area contributed by atoms with Gasteiger partial charge < -0.3 is 5.32 Å². The molecule has 0 spiro atoms. The van der Waals surface area contributed by atoms with Crippen molar-refractivity contribution in [3.05, 3.63) is 0 Å². The van der Waals surface area contributed by atoms with Crippen LogP contribution in [0.2, 0.25) is 0 Å². The van der Waals surface area contributed by atoms with Crippen molar-refractivity contribution in [2.24, 2.45) is 5.92 Å². The summed E-state index contributed by atoms with van der Waals surface area (Å²) in [6.07, 6.45) is 4.34. The first-order valence-electron chi connectivity index (χ1n) is 5.31. The van der Waals surface area contributed by atoms with Crippen molar-refractivity contribution in [1.29, 1.82) is 0 Å². The van der Waals surface area contributed by atoms with Crippen LogP contribution in [0.25, 0.3) is 0 Å². The highest BCUT2D eigenvalue weighted by Gasteiger charge is 2.27. The molecule has 2 unspecified atom stereocenters. The first-order chi connectivity index (χ1) is 5.86. The van der Waals surface area contributed by atoms with Crippen LogP contribution in [-0.2, 0) is 0 Å². The summed E-state index contributed by atoms with van der Waals surface area (Å²) in [5.41, 5.74) is 0. The van der Waals surface area contributed by atoms with Gasteiger partial charge in [-0.2, -0.15) is 0 Å². The van der Waals surface area contributed by atoms with Gasteiger partial charge in [0.2, 0.25) is 0 Å². The van der Waals surface area contributed by atoms with E-state index in [1.54, 1.807) is 0 Å². The van der Waals surface area contributed by atoms with Gasteiger partial charge in [-0.05, 0) is 25.2 Å². The molecule has 1 aliphatic heterocycles. The first kappa shape index (κ1) is 8.52. The Bertz CT molecular complexity index is 138. The minimum atomic E-state index is 0.919. The van der Waals surface area contributed by atoms with E-state index >= 15 is 0 Å². The maximum absolute atomic E-state index is 3.41. The van der Waals surface area contributed by atoms with Crippen LogP contribution in [-0.4, -0.2) is 37.1 Å². The zero-order chi connectivity index (χ0) is 8.39. The van der Waals surface area contributed by atoms with E-state index in [-0.39, 0.29) is 0 Å². The van der Waals surface area contributed by atoms with Crippen molar-refractivity contribution >= 4 is 0 Å². The van der Waals surface area contributed by atoms with Gasteiger partial charge in [-0.1, -0.05) is 6.92 Å². The number of hydrogen-bond acceptors (Lipinski definition) is 2. The predicted octanol–water partition coefficient (Wildman–Crippen LogP) is 1.08. The van der Waals surface area contributed by atoms with Gasteiger partial charge >= 0.3 is 0 Å². The third-order valence-electron chi connectivity index (χ3n) is 3.34. The molecule has 1 N–H and O–H groups in total. The summed E-state index contributed by atoms with van der Waals surface area (Å²) in [5.74, 6) is 0.977. The third kappa shape index (κ3) is 1.80. The molecule has 0 radical (unpaired) electrons. The number of nitrogens with one attached hydrogen (secondary N) is 1. The molecule has 2 nitrogen and oxygen atoms in total. The average Bonchev–Trinajstić information content (AvgIpc) is 2.54. The quantitative estimate of drug-likeness (QED) is 0.630. The number of hydrogen-bond donors (Lipinski definition) is 1. The van der Waals surface area contributed by atoms with Crippen LogP contribution in [0.4, 0.5) is 0 Å². The van der Waals surface area contributed by atoms with Crippen LogP contribution in [0.1, 0.15) is 26.2 Å². The molecule has 0 aromatic heterocycles. The largest absolute Gasteiger partial charge is 0.314 e. The minimum Gasteiger partial charge on any atom is -0.314 e. The summed E-state index contributed by atoms with van der Waals surface area (Å²) in [5, 5.41) is 3.41. The molecule has 0 amide bonds. The lowest BCUT2D eigenvalue weighted by Crippen LogP contribution is -2.47. The number of piperazine rings is 1. The van der Waals surface area contributed by atoms with E-state index in [2.05, 4.69) is 17.1 Å². The van der Waals surface area contributed by atoms with Crippen molar-refractivity contribution in [1.82, 2.24) is 10.2 Å². The molecule has 2 fully saturated rings. The SMILES string of the molecule is CC1CCC(N2CCNCC2)C1. The highest BCUT2D eigenvalue weighted by atomic mass is 15.2. The number of nitrogens with zero attached hydrogens (tertiary/aromatic N) is 1. The maximum atomic E-state index is 3.41. The smallest absolute Gasteiger partial charge is 0.0110 e. The number of rotatable bonds is 1. The van der Waals surface area contributed by atoms with Crippen LogP contribution >= 0.6 is 0 Å². The summed E-state index contributed by atoms with van der Waals surface area (Å²) < 4.78 is 0. The minimum absolute atomic E-state index is 0.919. The lowest BCUT2D eigenvalue weighted by molar-refractivity contribution is 0.173. The van der Waals surface area contributed by atoms with Crippen molar-refractivity contribution in [3.63, 3.8) is 0 Å². The summed E-state index contributed by atoms with van der Waals surface area (Å²) in [4.78, 5) is 2.68. The van der Waals surface area contributed by atoms with E-state index in [0.29, 0.717) is 0 Å². The van der Waals surface area contributed by atoms with Crippen LogP contribution in [0.5, 0.6) is 0 Å². The Morgan fingerprint density at radius 3 is 2.50 bits per heavy atom. The van der Waals surface area contributed by atoms with Gasteiger partial charge in [0.15, 0.2) is 0 Å². The third-order valence-corrected chi connectivity index (χ3v) is 3.34. The Hall–Kier alpha value is -0.0800. The zero-order valence-electron chi connectivity index (χ0n) is 8.05. The first-order valence-corrected chi connectivity index (χ1v) is 5.31. The normalized spacial score (nSPS) is 38.8. The van der Waals surface area contributed by atoms with Gasteiger partial charge in [0.1, 0.15) is 0 Å². The molecule has 2 heteroatoms. The van der Waals surface area contributed by atoms with Crippen molar-refractivity contribution in [2.45, 2.75) is 32.2 Å². The summed E-state index contributed by atoms with van der Waals surface area (Å²) >= 11 is 0. The van der Waals surface area contributed by atoms with Crippen LogP contribution in [0.3, 0.4) is 0 Å². The molecule has 12 heavy (non-hydrogen) atoms. The molecule has 1 aliphatic carbocycles. The Morgan fingerprint density at radius 1 is 1.17 bits per heavy atom. The molecule has 2 aliphatic rings. The molecular formula is C10H20N2. The summed E-state index contributed by atoms with van der Waals surface area (Å²) in [6.45, 7) is 7.34. The molecule has 70 valence electrons. The monoisotopic (exact) mass is 168 g/mol. The highest BCUT2D eigenvalue weighted by Crippen LogP contribution is 2.28. The molecule has 1 saturated carbocycles. The Labute approximate surface area is 75.3 Å². The fraction of sp³-hybridized carbons (Fsp3) is 1.00. The average molecular weight is 168 g/mol. The molecule has 0 aromatic carbocycles. The second-order valence-corrected chi connectivity index (χ2v) is 4.36. The fourth-order valence-corrected chi connectivity index (χ4v) is 2.56. The van der Waals surface area contributed by atoms with Gasteiger partial charge in [-0.25, -0.2) is 0 Å².